The van der Waals surface area contributed by atoms with Crippen molar-refractivity contribution < 1.29 is 9.84 Å². The van der Waals surface area contributed by atoms with E-state index in [0.29, 0.717) is 12.6 Å². The average molecular weight is 230 g/mol. The van der Waals surface area contributed by atoms with Crippen LogP contribution in [0, 0.1) is 0 Å². The van der Waals surface area contributed by atoms with Crippen molar-refractivity contribution in [1.82, 2.24) is 5.32 Å². The Bertz CT molecular complexity index is 345. The molecular weight excluding hydrogens is 214 g/mol. The minimum atomic E-state index is -0.460. The maximum atomic E-state index is 9.37. The summed E-state index contributed by atoms with van der Waals surface area (Å²) >= 11 is 0. The van der Waals surface area contributed by atoms with Crippen molar-refractivity contribution >= 4 is 12.4 Å². The summed E-state index contributed by atoms with van der Waals surface area (Å²) in [5.74, 6) is 0.272. The third kappa shape index (κ3) is 2.43. The van der Waals surface area contributed by atoms with Crippen LogP contribution in [0.5, 0.6) is 5.75 Å². The highest BCUT2D eigenvalue weighted by molar-refractivity contribution is 5.85. The molecule has 1 saturated heterocycles. The highest BCUT2D eigenvalue weighted by atomic mass is 35.5. The Morgan fingerprint density at radius 1 is 1.53 bits per heavy atom. The van der Waals surface area contributed by atoms with Crippen LogP contribution in [0.1, 0.15) is 19.4 Å². The lowest BCUT2D eigenvalue weighted by Crippen LogP contribution is -2.37. The second kappa shape index (κ2) is 4.39. The van der Waals surface area contributed by atoms with Crippen molar-refractivity contribution in [1.29, 1.82) is 0 Å². The predicted octanol–water partition coefficient (Wildman–Crippen LogP) is 1.99. The zero-order chi connectivity index (χ0) is 10.2. The van der Waals surface area contributed by atoms with E-state index >= 15 is 0 Å². The lowest BCUT2D eigenvalue weighted by atomic mass is 10.0. The average Bonchev–Trinajstić information content (AvgIpc) is 2.48. The van der Waals surface area contributed by atoms with Crippen LogP contribution in [0.25, 0.3) is 0 Å². The van der Waals surface area contributed by atoms with Crippen molar-refractivity contribution in [2.75, 3.05) is 6.61 Å². The number of ether oxygens (including phenoxy) is 1. The van der Waals surface area contributed by atoms with Crippen LogP contribution < -0.4 is 5.32 Å². The van der Waals surface area contributed by atoms with Gasteiger partial charge in [0, 0.05) is 11.6 Å². The summed E-state index contributed by atoms with van der Waals surface area (Å²) in [4.78, 5) is 0. The zero-order valence-corrected chi connectivity index (χ0v) is 9.67. The molecule has 1 fully saturated rings. The molecule has 1 aliphatic rings. The third-order valence-corrected chi connectivity index (χ3v) is 2.54. The number of phenols is 1. The van der Waals surface area contributed by atoms with E-state index in [4.69, 9.17) is 4.74 Å². The molecule has 1 heterocycles. The fourth-order valence-electron chi connectivity index (χ4n) is 1.81. The Labute approximate surface area is 95.9 Å². The molecule has 4 heteroatoms. The van der Waals surface area contributed by atoms with Gasteiger partial charge in [-0.05, 0) is 26.0 Å². The van der Waals surface area contributed by atoms with Crippen molar-refractivity contribution in [2.45, 2.75) is 25.6 Å². The standard InChI is InChI=1S/C11H15NO2.ClH/c1-8-7-14-11(2,12-8)9-4-3-5-10(13)6-9;/h3-6,8,12-13H,7H2,1-2H3;1H. The van der Waals surface area contributed by atoms with Crippen LogP contribution in [0.3, 0.4) is 0 Å². The normalized spacial score (nSPS) is 29.9. The highest BCUT2D eigenvalue weighted by Gasteiger charge is 2.34. The summed E-state index contributed by atoms with van der Waals surface area (Å²) in [6.07, 6.45) is 0. The van der Waals surface area contributed by atoms with Gasteiger partial charge in [0.05, 0.1) is 6.61 Å². The smallest absolute Gasteiger partial charge is 0.142 e. The largest absolute Gasteiger partial charge is 0.508 e. The van der Waals surface area contributed by atoms with Crippen molar-refractivity contribution in [2.24, 2.45) is 0 Å². The summed E-state index contributed by atoms with van der Waals surface area (Å²) in [5.41, 5.74) is 0.500. The molecule has 0 bridgehead atoms. The van der Waals surface area contributed by atoms with Gasteiger partial charge in [-0.3, -0.25) is 5.32 Å². The lowest BCUT2D eigenvalue weighted by molar-refractivity contribution is 0.00222. The Hall–Kier alpha value is -0.770. The molecule has 15 heavy (non-hydrogen) atoms. The summed E-state index contributed by atoms with van der Waals surface area (Å²) < 4.78 is 5.67. The van der Waals surface area contributed by atoms with Crippen molar-refractivity contribution in [3.05, 3.63) is 29.8 Å². The molecule has 1 aromatic rings. The molecule has 0 amide bonds. The highest BCUT2D eigenvalue weighted by Crippen LogP contribution is 2.29. The van der Waals surface area contributed by atoms with Crippen molar-refractivity contribution in [3.8, 4) is 5.75 Å². The second-order valence-corrected chi connectivity index (χ2v) is 3.94. The molecule has 0 saturated carbocycles. The molecule has 84 valence electrons. The van der Waals surface area contributed by atoms with Crippen LogP contribution in [-0.2, 0) is 10.5 Å². The molecule has 3 nitrogen and oxygen atoms in total. The van der Waals surface area contributed by atoms with E-state index < -0.39 is 5.72 Å². The summed E-state index contributed by atoms with van der Waals surface area (Å²) in [6.45, 7) is 4.76. The molecule has 2 atom stereocenters. The second-order valence-electron chi connectivity index (χ2n) is 3.94. The van der Waals surface area contributed by atoms with Crippen molar-refractivity contribution in [3.63, 3.8) is 0 Å². The minimum Gasteiger partial charge on any atom is -0.508 e. The summed E-state index contributed by atoms with van der Waals surface area (Å²) in [6, 6.07) is 7.51. The van der Waals surface area contributed by atoms with Gasteiger partial charge in [-0.2, -0.15) is 0 Å². The van der Waals surface area contributed by atoms with Gasteiger partial charge in [0.25, 0.3) is 0 Å². The molecular formula is C11H16ClNO2. The minimum absolute atomic E-state index is 0. The molecule has 2 rings (SSSR count). The first-order valence-corrected chi connectivity index (χ1v) is 4.81. The van der Waals surface area contributed by atoms with Crippen LogP contribution in [-0.4, -0.2) is 17.8 Å². The number of halogens is 1. The van der Waals surface area contributed by atoms with Gasteiger partial charge in [0.1, 0.15) is 11.5 Å². The molecule has 2 N–H and O–H groups in total. The number of hydrogen-bond acceptors (Lipinski definition) is 3. The fourth-order valence-corrected chi connectivity index (χ4v) is 1.81. The van der Waals surface area contributed by atoms with Gasteiger partial charge in [0.15, 0.2) is 0 Å². The van der Waals surface area contributed by atoms with Gasteiger partial charge in [-0.15, -0.1) is 12.4 Å². The van der Waals surface area contributed by atoms with E-state index in [1.165, 1.54) is 0 Å². The number of phenolic OH excluding ortho intramolecular Hbond substituents is 1. The quantitative estimate of drug-likeness (QED) is 0.774. The van der Waals surface area contributed by atoms with Gasteiger partial charge >= 0.3 is 0 Å². The Morgan fingerprint density at radius 2 is 2.27 bits per heavy atom. The Morgan fingerprint density at radius 3 is 2.80 bits per heavy atom. The van der Waals surface area contributed by atoms with Gasteiger partial charge in [0.2, 0.25) is 0 Å². The molecule has 0 aromatic heterocycles. The summed E-state index contributed by atoms with van der Waals surface area (Å²) in [7, 11) is 0. The van der Waals surface area contributed by atoms with Crippen LogP contribution in [0.4, 0.5) is 0 Å². The predicted molar refractivity (Wildman–Crippen MR) is 61.3 cm³/mol. The third-order valence-electron chi connectivity index (χ3n) is 2.54. The molecule has 0 aliphatic carbocycles. The van der Waals surface area contributed by atoms with Crippen LogP contribution in [0.15, 0.2) is 24.3 Å². The maximum Gasteiger partial charge on any atom is 0.142 e. The zero-order valence-electron chi connectivity index (χ0n) is 8.86. The number of benzene rings is 1. The molecule has 1 aromatic carbocycles. The van der Waals surface area contributed by atoms with Crippen LogP contribution in [0.2, 0.25) is 0 Å². The Balaban J connectivity index is 0.00000112. The number of aromatic hydroxyl groups is 1. The molecule has 0 spiro atoms. The molecule has 1 aliphatic heterocycles. The lowest BCUT2D eigenvalue weighted by Gasteiger charge is -2.24. The molecule has 0 radical (unpaired) electrons. The monoisotopic (exact) mass is 229 g/mol. The first-order valence-electron chi connectivity index (χ1n) is 4.81. The van der Waals surface area contributed by atoms with E-state index in [2.05, 4.69) is 12.2 Å². The van der Waals surface area contributed by atoms with E-state index in [0.717, 1.165) is 5.56 Å². The van der Waals surface area contributed by atoms with Crippen LogP contribution >= 0.6 is 12.4 Å². The number of nitrogens with one attached hydrogen (secondary N) is 1. The van der Waals surface area contributed by atoms with E-state index in [1.807, 2.05) is 19.1 Å². The van der Waals surface area contributed by atoms with Gasteiger partial charge in [-0.25, -0.2) is 0 Å². The van der Waals surface area contributed by atoms with E-state index in [-0.39, 0.29) is 18.2 Å². The first-order chi connectivity index (χ1) is 6.60. The number of rotatable bonds is 1. The fraction of sp³-hybridized carbons (Fsp3) is 0.455. The maximum absolute atomic E-state index is 9.37. The van der Waals surface area contributed by atoms with Gasteiger partial charge < -0.3 is 9.84 Å². The van der Waals surface area contributed by atoms with E-state index in [9.17, 15) is 5.11 Å². The Kier molecular flexibility index (Phi) is 3.60. The molecule has 2 unspecified atom stereocenters. The summed E-state index contributed by atoms with van der Waals surface area (Å²) in [5, 5.41) is 12.7. The first kappa shape index (κ1) is 12.3. The topological polar surface area (TPSA) is 41.5 Å². The van der Waals surface area contributed by atoms with E-state index in [1.54, 1.807) is 12.1 Å². The number of hydrogen-bond donors (Lipinski definition) is 2. The van der Waals surface area contributed by atoms with Gasteiger partial charge in [-0.1, -0.05) is 12.1 Å². The SMILES string of the molecule is CC1COC(C)(c2cccc(O)c2)N1.Cl.